The van der Waals surface area contributed by atoms with Gasteiger partial charge in [-0.05, 0) is 19.4 Å². The molecule has 0 radical (unpaired) electrons. The molecule has 6 nitrogen and oxygen atoms in total. The summed E-state index contributed by atoms with van der Waals surface area (Å²) < 4.78 is 13.7. The zero-order chi connectivity index (χ0) is 13.9. The van der Waals surface area contributed by atoms with E-state index < -0.39 is 16.6 Å². The van der Waals surface area contributed by atoms with Crippen LogP contribution in [0.5, 0.6) is 0 Å². The Morgan fingerprint density at radius 2 is 2.22 bits per heavy atom. The molecule has 0 fully saturated rings. The minimum Gasteiger partial charge on any atom is -0.350 e. The third-order valence-corrected chi connectivity index (χ3v) is 2.28. The van der Waals surface area contributed by atoms with E-state index in [0.717, 1.165) is 12.1 Å². The fourth-order valence-corrected chi connectivity index (χ4v) is 1.37. The predicted octanol–water partition coefficient (Wildman–Crippen LogP) is 1.12. The molecule has 1 unspecified atom stereocenters. The van der Waals surface area contributed by atoms with E-state index >= 15 is 0 Å². The third-order valence-electron chi connectivity index (χ3n) is 2.28. The van der Waals surface area contributed by atoms with Crippen molar-refractivity contribution in [1.82, 2.24) is 5.32 Å². The van der Waals surface area contributed by atoms with Gasteiger partial charge in [-0.2, -0.15) is 0 Å². The SMILES string of the molecule is Cc1cc([N+](=O)[O-])cc(C(=O)NCC(C)N)c1F. The van der Waals surface area contributed by atoms with Gasteiger partial charge in [0.25, 0.3) is 11.6 Å². The monoisotopic (exact) mass is 255 g/mol. The van der Waals surface area contributed by atoms with Gasteiger partial charge in [0.05, 0.1) is 10.5 Å². The van der Waals surface area contributed by atoms with Crippen molar-refractivity contribution < 1.29 is 14.1 Å². The first-order chi connectivity index (χ1) is 8.32. The molecule has 3 N–H and O–H groups in total. The average Bonchev–Trinajstić information content (AvgIpc) is 2.29. The van der Waals surface area contributed by atoms with Crippen LogP contribution >= 0.6 is 0 Å². The van der Waals surface area contributed by atoms with E-state index in [2.05, 4.69) is 5.32 Å². The Balaban J connectivity index is 3.07. The molecule has 98 valence electrons. The van der Waals surface area contributed by atoms with Gasteiger partial charge >= 0.3 is 0 Å². The van der Waals surface area contributed by atoms with Crippen LogP contribution in [0.2, 0.25) is 0 Å². The van der Waals surface area contributed by atoms with Gasteiger partial charge in [-0.3, -0.25) is 14.9 Å². The number of aryl methyl sites for hydroxylation is 1. The van der Waals surface area contributed by atoms with Gasteiger partial charge in [0.2, 0.25) is 0 Å². The molecule has 0 bridgehead atoms. The number of carbonyl (C=O) groups is 1. The summed E-state index contributed by atoms with van der Waals surface area (Å²) in [4.78, 5) is 21.6. The van der Waals surface area contributed by atoms with Gasteiger partial charge in [-0.15, -0.1) is 0 Å². The predicted molar refractivity (Wildman–Crippen MR) is 63.8 cm³/mol. The van der Waals surface area contributed by atoms with Gasteiger partial charge in [0.15, 0.2) is 0 Å². The molecule has 1 aromatic rings. The van der Waals surface area contributed by atoms with Crippen molar-refractivity contribution in [2.24, 2.45) is 5.73 Å². The molecule has 0 aliphatic carbocycles. The van der Waals surface area contributed by atoms with Crippen molar-refractivity contribution in [2.75, 3.05) is 6.54 Å². The fourth-order valence-electron chi connectivity index (χ4n) is 1.37. The molecule has 1 rings (SSSR count). The van der Waals surface area contributed by atoms with Crippen molar-refractivity contribution in [3.8, 4) is 0 Å². The number of hydrogen-bond acceptors (Lipinski definition) is 4. The molecule has 0 aromatic heterocycles. The second kappa shape index (κ2) is 5.54. The van der Waals surface area contributed by atoms with Crippen molar-refractivity contribution in [1.29, 1.82) is 0 Å². The summed E-state index contributed by atoms with van der Waals surface area (Å²) in [6.45, 7) is 3.21. The molecule has 1 aromatic carbocycles. The maximum atomic E-state index is 13.7. The summed E-state index contributed by atoms with van der Waals surface area (Å²) in [7, 11) is 0. The Kier molecular flexibility index (Phi) is 4.33. The highest BCUT2D eigenvalue weighted by atomic mass is 19.1. The fraction of sp³-hybridized carbons (Fsp3) is 0.364. The number of hydrogen-bond donors (Lipinski definition) is 2. The van der Waals surface area contributed by atoms with Crippen LogP contribution in [0.1, 0.15) is 22.8 Å². The molecular formula is C11H14FN3O3. The van der Waals surface area contributed by atoms with E-state index in [0.29, 0.717) is 0 Å². The highest BCUT2D eigenvalue weighted by Crippen LogP contribution is 2.20. The molecule has 18 heavy (non-hydrogen) atoms. The van der Waals surface area contributed by atoms with Crippen LogP contribution in [0.25, 0.3) is 0 Å². The highest BCUT2D eigenvalue weighted by Gasteiger charge is 2.19. The second-order valence-corrected chi connectivity index (χ2v) is 4.07. The summed E-state index contributed by atoms with van der Waals surface area (Å²) in [5.41, 5.74) is 4.83. The Morgan fingerprint density at radius 1 is 1.61 bits per heavy atom. The molecule has 0 saturated heterocycles. The Hall–Kier alpha value is -2.02. The first-order valence-corrected chi connectivity index (χ1v) is 5.31. The van der Waals surface area contributed by atoms with E-state index in [4.69, 9.17) is 5.73 Å². The summed E-state index contributed by atoms with van der Waals surface area (Å²) in [6, 6.07) is 1.72. The zero-order valence-electron chi connectivity index (χ0n) is 10.1. The first-order valence-electron chi connectivity index (χ1n) is 5.31. The number of nitrogens with one attached hydrogen (secondary N) is 1. The number of rotatable bonds is 4. The van der Waals surface area contributed by atoms with E-state index in [1.807, 2.05) is 0 Å². The van der Waals surface area contributed by atoms with E-state index in [1.54, 1.807) is 6.92 Å². The number of non-ortho nitro benzene ring substituents is 1. The van der Waals surface area contributed by atoms with Crippen molar-refractivity contribution >= 4 is 11.6 Å². The molecular weight excluding hydrogens is 241 g/mol. The number of benzene rings is 1. The number of nitrogens with zero attached hydrogens (tertiary/aromatic N) is 1. The van der Waals surface area contributed by atoms with Crippen LogP contribution in [-0.2, 0) is 0 Å². The van der Waals surface area contributed by atoms with Crippen molar-refractivity contribution in [3.63, 3.8) is 0 Å². The summed E-state index contributed by atoms with van der Waals surface area (Å²) >= 11 is 0. The van der Waals surface area contributed by atoms with E-state index in [-0.39, 0.29) is 29.4 Å². The first kappa shape index (κ1) is 14.0. The zero-order valence-corrected chi connectivity index (χ0v) is 10.1. The Labute approximate surface area is 103 Å². The molecule has 0 heterocycles. The number of amides is 1. The molecule has 1 atom stereocenters. The van der Waals surface area contributed by atoms with Crippen LogP contribution in [-0.4, -0.2) is 23.4 Å². The van der Waals surface area contributed by atoms with Gasteiger partial charge in [0.1, 0.15) is 5.82 Å². The standard InChI is InChI=1S/C11H14FN3O3/c1-6-3-8(15(17)18)4-9(10(6)12)11(16)14-5-7(2)13/h3-4,7H,5,13H2,1-2H3,(H,14,16). The molecule has 1 amide bonds. The maximum Gasteiger partial charge on any atom is 0.270 e. The number of carbonyl (C=O) groups excluding carboxylic acids is 1. The van der Waals surface area contributed by atoms with Crippen LogP contribution in [0.3, 0.4) is 0 Å². The number of nitro groups is 1. The lowest BCUT2D eigenvalue weighted by molar-refractivity contribution is -0.385. The Bertz CT molecular complexity index is 489. The van der Waals surface area contributed by atoms with E-state index in [1.165, 1.54) is 6.92 Å². The molecule has 0 saturated carbocycles. The van der Waals surface area contributed by atoms with Crippen molar-refractivity contribution in [3.05, 3.63) is 39.2 Å². The third kappa shape index (κ3) is 3.24. The molecule has 0 spiro atoms. The quantitative estimate of drug-likeness (QED) is 0.622. The summed E-state index contributed by atoms with van der Waals surface area (Å²) in [6.07, 6.45) is 0. The number of nitro benzene ring substituents is 1. The summed E-state index contributed by atoms with van der Waals surface area (Å²) in [5.74, 6) is -1.47. The van der Waals surface area contributed by atoms with Gasteiger partial charge in [0, 0.05) is 24.7 Å². The smallest absolute Gasteiger partial charge is 0.270 e. The Morgan fingerprint density at radius 3 is 2.72 bits per heavy atom. The minimum absolute atomic E-state index is 0.0511. The van der Waals surface area contributed by atoms with E-state index in [9.17, 15) is 19.3 Å². The number of halogens is 1. The summed E-state index contributed by atoms with van der Waals surface area (Å²) in [5, 5.41) is 13.0. The van der Waals surface area contributed by atoms with Gasteiger partial charge in [-0.1, -0.05) is 0 Å². The van der Waals surface area contributed by atoms with Crippen LogP contribution in [0.15, 0.2) is 12.1 Å². The molecule has 0 aliphatic heterocycles. The topological polar surface area (TPSA) is 98.3 Å². The number of nitrogens with two attached hydrogens (primary N) is 1. The lowest BCUT2D eigenvalue weighted by Crippen LogP contribution is -2.35. The largest absolute Gasteiger partial charge is 0.350 e. The van der Waals surface area contributed by atoms with Crippen molar-refractivity contribution in [2.45, 2.75) is 19.9 Å². The van der Waals surface area contributed by atoms with Gasteiger partial charge < -0.3 is 11.1 Å². The lowest BCUT2D eigenvalue weighted by atomic mass is 10.1. The second-order valence-electron chi connectivity index (χ2n) is 4.07. The van der Waals surface area contributed by atoms with Crippen LogP contribution in [0, 0.1) is 22.9 Å². The average molecular weight is 255 g/mol. The molecule has 7 heteroatoms. The van der Waals surface area contributed by atoms with Gasteiger partial charge in [-0.25, -0.2) is 4.39 Å². The molecule has 0 aliphatic rings. The minimum atomic E-state index is -0.761. The van der Waals surface area contributed by atoms with Crippen LogP contribution < -0.4 is 11.1 Å². The highest BCUT2D eigenvalue weighted by molar-refractivity contribution is 5.95. The van der Waals surface area contributed by atoms with Crippen LogP contribution in [0.4, 0.5) is 10.1 Å². The maximum absolute atomic E-state index is 13.7. The lowest BCUT2D eigenvalue weighted by Gasteiger charge is -2.09. The normalized spacial score (nSPS) is 12.0.